The lowest BCUT2D eigenvalue weighted by Gasteiger charge is -2.09. The Hall–Kier alpha value is -0.190. The van der Waals surface area contributed by atoms with Crippen LogP contribution in [-0.2, 0) is 0 Å². The fourth-order valence-electron chi connectivity index (χ4n) is 1.15. The number of hydrogen-bond acceptors (Lipinski definition) is 3. The third-order valence-corrected chi connectivity index (χ3v) is 3.84. The predicted molar refractivity (Wildman–Crippen MR) is 64.1 cm³/mol. The van der Waals surface area contributed by atoms with E-state index in [9.17, 15) is 4.79 Å². The summed E-state index contributed by atoms with van der Waals surface area (Å²) in [6.07, 6.45) is 0. The molecule has 2 nitrogen and oxygen atoms in total. The summed E-state index contributed by atoms with van der Waals surface area (Å²) < 4.78 is 0.913. The summed E-state index contributed by atoms with van der Waals surface area (Å²) in [5.41, 5.74) is 0. The highest BCUT2D eigenvalue weighted by atomic mass is 79.9. The lowest BCUT2D eigenvalue weighted by Crippen LogP contribution is -2.26. The van der Waals surface area contributed by atoms with E-state index in [-0.39, 0.29) is 11.7 Å². The molecule has 0 aliphatic carbocycles. The number of carbonyl (C=O) groups excluding carboxylic acids is 1. The molecular formula is C10H14BrNOS. The average Bonchev–Trinajstić information content (AvgIpc) is 2.59. The number of thiophene rings is 1. The lowest BCUT2D eigenvalue weighted by atomic mass is 10.1. The van der Waals surface area contributed by atoms with E-state index >= 15 is 0 Å². The summed E-state index contributed by atoms with van der Waals surface area (Å²) in [5, 5.41) is 5.11. The van der Waals surface area contributed by atoms with Gasteiger partial charge in [-0.25, -0.2) is 0 Å². The molecule has 0 amide bonds. The summed E-state index contributed by atoms with van der Waals surface area (Å²) in [6.45, 7) is 5.65. The Balaban J connectivity index is 2.61. The van der Waals surface area contributed by atoms with Crippen LogP contribution in [-0.4, -0.2) is 18.9 Å². The molecule has 0 saturated heterocycles. The van der Waals surface area contributed by atoms with Gasteiger partial charge in [-0.3, -0.25) is 4.79 Å². The predicted octanol–water partition coefficient (Wildman–Crippen LogP) is 2.94. The van der Waals surface area contributed by atoms with Gasteiger partial charge in [0, 0.05) is 16.9 Å². The third-order valence-electron chi connectivity index (χ3n) is 1.99. The lowest BCUT2D eigenvalue weighted by molar-refractivity contribution is 0.0933. The third kappa shape index (κ3) is 2.90. The summed E-state index contributed by atoms with van der Waals surface area (Å²) in [6, 6.07) is 1.91. The van der Waals surface area contributed by atoms with E-state index in [1.165, 1.54) is 11.3 Å². The molecule has 14 heavy (non-hydrogen) atoms. The highest BCUT2D eigenvalue weighted by molar-refractivity contribution is 9.10. The summed E-state index contributed by atoms with van der Waals surface area (Å²) >= 11 is 4.87. The van der Waals surface area contributed by atoms with Crippen molar-refractivity contribution in [1.82, 2.24) is 5.32 Å². The van der Waals surface area contributed by atoms with Crippen molar-refractivity contribution in [2.75, 3.05) is 13.1 Å². The monoisotopic (exact) mass is 275 g/mol. The Morgan fingerprint density at radius 1 is 1.71 bits per heavy atom. The highest BCUT2D eigenvalue weighted by Crippen LogP contribution is 2.25. The van der Waals surface area contributed by atoms with E-state index in [0.717, 1.165) is 22.4 Å². The molecule has 0 bridgehead atoms. The second-order valence-corrected chi connectivity index (χ2v) is 4.94. The molecule has 0 aliphatic rings. The zero-order chi connectivity index (χ0) is 10.6. The van der Waals surface area contributed by atoms with Crippen LogP contribution in [0.4, 0.5) is 0 Å². The summed E-state index contributed by atoms with van der Waals surface area (Å²) in [7, 11) is 0. The number of hydrogen-bond donors (Lipinski definition) is 1. The number of Topliss-reactive ketones (excluding diaryl/α,β-unsaturated/α-hetero) is 1. The van der Waals surface area contributed by atoms with E-state index in [4.69, 9.17) is 0 Å². The number of nitrogens with one attached hydrogen (secondary N) is 1. The Kier molecular flexibility index (Phi) is 4.78. The Morgan fingerprint density at radius 3 is 2.93 bits per heavy atom. The Bertz CT molecular complexity index is 311. The summed E-state index contributed by atoms with van der Waals surface area (Å²) in [5.74, 6) is 0.262. The molecule has 1 heterocycles. The minimum Gasteiger partial charge on any atom is -0.316 e. The second-order valence-electron chi connectivity index (χ2n) is 3.17. The minimum absolute atomic E-state index is 0.0462. The van der Waals surface area contributed by atoms with E-state index in [0.29, 0.717) is 0 Å². The molecule has 1 atom stereocenters. The van der Waals surface area contributed by atoms with E-state index in [1.54, 1.807) is 0 Å². The van der Waals surface area contributed by atoms with Gasteiger partial charge in [-0.1, -0.05) is 13.8 Å². The van der Waals surface area contributed by atoms with Gasteiger partial charge in [0.15, 0.2) is 5.78 Å². The van der Waals surface area contributed by atoms with Crippen molar-refractivity contribution in [3.05, 3.63) is 20.8 Å². The van der Waals surface area contributed by atoms with Gasteiger partial charge in [0.1, 0.15) is 0 Å². The number of ketones is 1. The normalized spacial score (nSPS) is 12.8. The van der Waals surface area contributed by atoms with Crippen molar-refractivity contribution in [1.29, 1.82) is 0 Å². The first-order valence-electron chi connectivity index (χ1n) is 4.64. The molecular weight excluding hydrogens is 262 g/mol. The standard InChI is InChI=1S/C10H14BrNOS/c1-3-12-6-7(2)9(13)10-8(11)4-5-14-10/h4-5,7,12H,3,6H2,1-2H3. The van der Waals surface area contributed by atoms with Crippen LogP contribution in [0.5, 0.6) is 0 Å². The van der Waals surface area contributed by atoms with Gasteiger partial charge >= 0.3 is 0 Å². The molecule has 0 spiro atoms. The van der Waals surface area contributed by atoms with Crippen molar-refractivity contribution in [3.63, 3.8) is 0 Å². The van der Waals surface area contributed by atoms with Gasteiger partial charge in [0.25, 0.3) is 0 Å². The molecule has 1 rings (SSSR count). The zero-order valence-electron chi connectivity index (χ0n) is 8.34. The molecule has 0 fully saturated rings. The molecule has 0 aliphatic heterocycles. The molecule has 0 aromatic carbocycles. The molecule has 0 radical (unpaired) electrons. The fourth-order valence-corrected chi connectivity index (χ4v) is 2.77. The highest BCUT2D eigenvalue weighted by Gasteiger charge is 2.18. The second kappa shape index (κ2) is 5.63. The number of halogens is 1. The smallest absolute Gasteiger partial charge is 0.177 e. The zero-order valence-corrected chi connectivity index (χ0v) is 10.7. The van der Waals surface area contributed by atoms with Gasteiger partial charge in [-0.05, 0) is 33.9 Å². The van der Waals surface area contributed by atoms with Crippen molar-refractivity contribution >= 4 is 33.0 Å². The maximum absolute atomic E-state index is 11.9. The van der Waals surface area contributed by atoms with Crippen LogP contribution in [0.2, 0.25) is 0 Å². The molecule has 1 aromatic heterocycles. The first-order valence-corrected chi connectivity index (χ1v) is 6.32. The summed E-state index contributed by atoms with van der Waals surface area (Å²) in [4.78, 5) is 12.7. The van der Waals surface area contributed by atoms with Gasteiger partial charge in [-0.15, -0.1) is 11.3 Å². The van der Waals surface area contributed by atoms with Gasteiger partial charge < -0.3 is 5.32 Å². The minimum atomic E-state index is 0.0462. The van der Waals surface area contributed by atoms with Crippen LogP contribution in [0.1, 0.15) is 23.5 Å². The first kappa shape index (κ1) is 11.9. The van der Waals surface area contributed by atoms with E-state index in [1.807, 2.05) is 25.3 Å². The van der Waals surface area contributed by atoms with E-state index in [2.05, 4.69) is 21.2 Å². The SMILES string of the molecule is CCNCC(C)C(=O)c1sccc1Br. The molecule has 1 unspecified atom stereocenters. The van der Waals surface area contributed by atoms with Crippen LogP contribution >= 0.6 is 27.3 Å². The van der Waals surface area contributed by atoms with Crippen molar-refractivity contribution < 1.29 is 4.79 Å². The Labute approximate surface area is 96.8 Å². The number of rotatable bonds is 5. The van der Waals surface area contributed by atoms with Crippen LogP contribution in [0.3, 0.4) is 0 Å². The first-order chi connectivity index (χ1) is 6.66. The maximum atomic E-state index is 11.9. The largest absolute Gasteiger partial charge is 0.316 e. The van der Waals surface area contributed by atoms with Crippen molar-refractivity contribution in [2.24, 2.45) is 5.92 Å². The molecule has 0 saturated carbocycles. The van der Waals surface area contributed by atoms with Crippen LogP contribution in [0, 0.1) is 5.92 Å². The van der Waals surface area contributed by atoms with Crippen LogP contribution in [0.15, 0.2) is 15.9 Å². The van der Waals surface area contributed by atoms with Gasteiger partial charge in [0.2, 0.25) is 0 Å². The van der Waals surface area contributed by atoms with Crippen LogP contribution < -0.4 is 5.32 Å². The van der Waals surface area contributed by atoms with Gasteiger partial charge in [-0.2, -0.15) is 0 Å². The van der Waals surface area contributed by atoms with Crippen LogP contribution in [0.25, 0.3) is 0 Å². The maximum Gasteiger partial charge on any atom is 0.177 e. The average molecular weight is 276 g/mol. The molecule has 1 aromatic rings. The number of carbonyl (C=O) groups is 1. The van der Waals surface area contributed by atoms with E-state index < -0.39 is 0 Å². The Morgan fingerprint density at radius 2 is 2.43 bits per heavy atom. The fraction of sp³-hybridized carbons (Fsp3) is 0.500. The van der Waals surface area contributed by atoms with Crippen molar-refractivity contribution in [3.8, 4) is 0 Å². The quantitative estimate of drug-likeness (QED) is 0.838. The topological polar surface area (TPSA) is 29.1 Å². The molecule has 78 valence electrons. The molecule has 4 heteroatoms. The molecule has 1 N–H and O–H groups in total. The van der Waals surface area contributed by atoms with Gasteiger partial charge in [0.05, 0.1) is 4.88 Å². The van der Waals surface area contributed by atoms with Crippen molar-refractivity contribution in [2.45, 2.75) is 13.8 Å².